The number of methoxy groups -OCH3 is 1. The molecule has 0 aliphatic rings. The topological polar surface area (TPSA) is 44.8 Å². The molecule has 3 aromatic carbocycles. The standard InChI is InChI=1S/C24H22O4/c1-3-24(25)28-13-12-27-23-16-21(15-22(17-23)26-2)20-11-7-10-19(14-20)18-8-5-4-6-9-18/h3-11,14-17H,1,12-13H2,2H3. The first kappa shape index (κ1) is 19.2. The number of hydrogen-bond donors (Lipinski definition) is 0. The molecule has 0 unspecified atom stereocenters. The Bertz CT molecular complexity index is 948. The fraction of sp³-hybridized carbons (Fsp3) is 0.125. The van der Waals surface area contributed by atoms with Crippen LogP contribution in [-0.4, -0.2) is 26.3 Å². The monoisotopic (exact) mass is 374 g/mol. The van der Waals surface area contributed by atoms with Crippen molar-refractivity contribution in [1.29, 1.82) is 0 Å². The average molecular weight is 374 g/mol. The van der Waals surface area contributed by atoms with E-state index in [-0.39, 0.29) is 13.2 Å². The molecule has 0 fully saturated rings. The lowest BCUT2D eigenvalue weighted by molar-refractivity contribution is -0.138. The fourth-order valence-corrected chi connectivity index (χ4v) is 2.81. The van der Waals surface area contributed by atoms with Crippen LogP contribution in [0.25, 0.3) is 22.3 Å². The van der Waals surface area contributed by atoms with E-state index in [0.717, 1.165) is 28.3 Å². The predicted octanol–water partition coefficient (Wildman–Crippen LogP) is 5.14. The normalized spacial score (nSPS) is 10.2. The fourth-order valence-electron chi connectivity index (χ4n) is 2.81. The third kappa shape index (κ3) is 5.01. The van der Waals surface area contributed by atoms with E-state index in [9.17, 15) is 4.79 Å². The summed E-state index contributed by atoms with van der Waals surface area (Å²) in [7, 11) is 1.62. The van der Waals surface area contributed by atoms with E-state index in [1.54, 1.807) is 13.2 Å². The molecule has 0 amide bonds. The number of carbonyl (C=O) groups excluding carboxylic acids is 1. The number of ether oxygens (including phenoxy) is 3. The van der Waals surface area contributed by atoms with Crippen LogP contribution < -0.4 is 9.47 Å². The quantitative estimate of drug-likeness (QED) is 0.311. The lowest BCUT2D eigenvalue weighted by Gasteiger charge is -2.12. The molecular weight excluding hydrogens is 352 g/mol. The van der Waals surface area contributed by atoms with E-state index in [1.807, 2.05) is 36.4 Å². The molecule has 0 bridgehead atoms. The van der Waals surface area contributed by atoms with Crippen LogP contribution in [0.2, 0.25) is 0 Å². The molecule has 3 rings (SSSR count). The molecule has 0 heterocycles. The largest absolute Gasteiger partial charge is 0.497 e. The van der Waals surface area contributed by atoms with Gasteiger partial charge in [0.05, 0.1) is 7.11 Å². The van der Waals surface area contributed by atoms with Crippen LogP contribution in [0, 0.1) is 0 Å². The first-order chi connectivity index (χ1) is 13.7. The third-order valence-electron chi connectivity index (χ3n) is 4.18. The van der Waals surface area contributed by atoms with E-state index < -0.39 is 5.97 Å². The van der Waals surface area contributed by atoms with E-state index >= 15 is 0 Å². The van der Waals surface area contributed by atoms with Crippen molar-refractivity contribution in [3.05, 3.63) is 85.5 Å². The summed E-state index contributed by atoms with van der Waals surface area (Å²) in [5, 5.41) is 0. The van der Waals surface area contributed by atoms with Crippen LogP contribution in [0.4, 0.5) is 0 Å². The lowest BCUT2D eigenvalue weighted by atomic mass is 9.99. The van der Waals surface area contributed by atoms with Crippen molar-refractivity contribution in [2.24, 2.45) is 0 Å². The molecule has 4 heteroatoms. The van der Waals surface area contributed by atoms with Crippen molar-refractivity contribution in [2.45, 2.75) is 0 Å². The van der Waals surface area contributed by atoms with Crippen LogP contribution in [0.1, 0.15) is 0 Å². The molecule has 0 saturated carbocycles. The van der Waals surface area contributed by atoms with Gasteiger partial charge in [-0.15, -0.1) is 0 Å². The van der Waals surface area contributed by atoms with Gasteiger partial charge in [-0.3, -0.25) is 0 Å². The van der Waals surface area contributed by atoms with Crippen LogP contribution >= 0.6 is 0 Å². The van der Waals surface area contributed by atoms with Crippen LogP contribution in [0.3, 0.4) is 0 Å². The highest BCUT2D eigenvalue weighted by atomic mass is 16.6. The van der Waals surface area contributed by atoms with Crippen molar-refractivity contribution in [3.63, 3.8) is 0 Å². The molecule has 4 nitrogen and oxygen atoms in total. The molecule has 0 aliphatic carbocycles. The van der Waals surface area contributed by atoms with E-state index in [2.05, 4.69) is 36.9 Å². The summed E-state index contributed by atoms with van der Waals surface area (Å²) in [6.45, 7) is 3.76. The predicted molar refractivity (Wildman–Crippen MR) is 111 cm³/mol. The summed E-state index contributed by atoms with van der Waals surface area (Å²) in [4.78, 5) is 11.1. The van der Waals surface area contributed by atoms with Gasteiger partial charge < -0.3 is 14.2 Å². The third-order valence-corrected chi connectivity index (χ3v) is 4.18. The highest BCUT2D eigenvalue weighted by molar-refractivity contribution is 5.81. The Hall–Kier alpha value is -3.53. The van der Waals surface area contributed by atoms with Gasteiger partial charge in [0.2, 0.25) is 0 Å². The van der Waals surface area contributed by atoms with E-state index in [1.165, 1.54) is 0 Å². The molecule has 0 N–H and O–H groups in total. The van der Waals surface area contributed by atoms with Gasteiger partial charge in [-0.05, 0) is 40.5 Å². The highest BCUT2D eigenvalue weighted by Gasteiger charge is 2.07. The van der Waals surface area contributed by atoms with Gasteiger partial charge in [-0.2, -0.15) is 0 Å². The molecule has 0 aliphatic heterocycles. The molecular formula is C24H22O4. The van der Waals surface area contributed by atoms with Gasteiger partial charge in [0, 0.05) is 12.1 Å². The van der Waals surface area contributed by atoms with Gasteiger partial charge in [0.15, 0.2) is 0 Å². The molecule has 28 heavy (non-hydrogen) atoms. The molecule has 142 valence electrons. The smallest absolute Gasteiger partial charge is 0.330 e. The SMILES string of the molecule is C=CC(=O)OCCOc1cc(OC)cc(-c2cccc(-c3ccccc3)c2)c1. The zero-order valence-corrected chi connectivity index (χ0v) is 15.8. The van der Waals surface area contributed by atoms with Crippen molar-refractivity contribution in [2.75, 3.05) is 20.3 Å². The maximum atomic E-state index is 11.1. The van der Waals surface area contributed by atoms with Crippen LogP contribution in [0.5, 0.6) is 11.5 Å². The first-order valence-corrected chi connectivity index (χ1v) is 8.96. The number of esters is 1. The number of benzene rings is 3. The Morgan fingerprint density at radius 1 is 0.821 bits per heavy atom. The minimum atomic E-state index is -0.465. The van der Waals surface area contributed by atoms with Crippen molar-refractivity contribution in [3.8, 4) is 33.8 Å². The summed E-state index contributed by atoms with van der Waals surface area (Å²) in [5.41, 5.74) is 4.34. The van der Waals surface area contributed by atoms with Gasteiger partial charge in [0.1, 0.15) is 24.7 Å². The Morgan fingerprint density at radius 3 is 2.21 bits per heavy atom. The second kappa shape index (κ2) is 9.42. The second-order valence-electron chi connectivity index (χ2n) is 6.06. The summed E-state index contributed by atoms with van der Waals surface area (Å²) in [6.07, 6.45) is 1.13. The molecule has 0 spiro atoms. The summed E-state index contributed by atoms with van der Waals surface area (Å²) < 4.78 is 16.1. The highest BCUT2D eigenvalue weighted by Crippen LogP contribution is 2.32. The zero-order valence-electron chi connectivity index (χ0n) is 15.8. The maximum absolute atomic E-state index is 11.1. The van der Waals surface area contributed by atoms with Crippen molar-refractivity contribution < 1.29 is 19.0 Å². The van der Waals surface area contributed by atoms with E-state index in [0.29, 0.717) is 11.5 Å². The van der Waals surface area contributed by atoms with Crippen LogP contribution in [-0.2, 0) is 9.53 Å². The maximum Gasteiger partial charge on any atom is 0.330 e. The minimum absolute atomic E-state index is 0.154. The van der Waals surface area contributed by atoms with Crippen LogP contribution in [0.15, 0.2) is 85.5 Å². The zero-order chi connectivity index (χ0) is 19.8. The van der Waals surface area contributed by atoms with Crippen molar-refractivity contribution in [1.82, 2.24) is 0 Å². The molecule has 0 radical (unpaired) electrons. The van der Waals surface area contributed by atoms with Gasteiger partial charge >= 0.3 is 5.97 Å². The van der Waals surface area contributed by atoms with Gasteiger partial charge in [-0.25, -0.2) is 4.79 Å². The Morgan fingerprint density at radius 2 is 1.50 bits per heavy atom. The Kier molecular flexibility index (Phi) is 6.47. The number of carbonyl (C=O) groups is 1. The first-order valence-electron chi connectivity index (χ1n) is 8.96. The van der Waals surface area contributed by atoms with Gasteiger partial charge in [0.25, 0.3) is 0 Å². The minimum Gasteiger partial charge on any atom is -0.497 e. The van der Waals surface area contributed by atoms with E-state index in [4.69, 9.17) is 14.2 Å². The summed E-state index contributed by atoms with van der Waals surface area (Å²) >= 11 is 0. The Labute approximate surface area is 165 Å². The molecule has 0 aromatic heterocycles. The Balaban J connectivity index is 1.81. The molecule has 0 atom stereocenters. The van der Waals surface area contributed by atoms with Crippen molar-refractivity contribution >= 4 is 5.97 Å². The van der Waals surface area contributed by atoms with Gasteiger partial charge in [-0.1, -0.05) is 55.1 Å². The lowest BCUT2D eigenvalue weighted by Crippen LogP contribution is -2.10. The summed E-state index contributed by atoms with van der Waals surface area (Å²) in [6, 6.07) is 24.3. The second-order valence-corrected chi connectivity index (χ2v) is 6.06. The number of rotatable bonds is 8. The molecule has 0 saturated heterocycles. The summed E-state index contributed by atoms with van der Waals surface area (Å²) in [5.74, 6) is 0.877. The number of hydrogen-bond acceptors (Lipinski definition) is 4. The molecule has 3 aromatic rings. The average Bonchev–Trinajstić information content (AvgIpc) is 2.77.